The molecule has 1 aliphatic heterocycles. The maximum atomic E-state index is 10.7. The molecule has 1 aliphatic rings. The molecule has 1 fully saturated rings. The molecule has 7 heteroatoms. The van der Waals surface area contributed by atoms with Gasteiger partial charge < -0.3 is 15.0 Å². The Morgan fingerprint density at radius 1 is 1.03 bits per heavy atom. The number of anilines is 3. The Kier molecular flexibility index (Phi) is 5.76. The van der Waals surface area contributed by atoms with E-state index in [1.165, 1.54) is 0 Å². The summed E-state index contributed by atoms with van der Waals surface area (Å²) in [6.07, 6.45) is 0. The molecule has 1 unspecified atom stereocenters. The minimum atomic E-state index is -0.366. The number of nitrogens with one attached hydrogen (secondary N) is 1. The maximum Gasteiger partial charge on any atom is 0.229 e. The number of nitrogens with zero attached hydrogens (tertiary/aromatic N) is 4. The van der Waals surface area contributed by atoms with Gasteiger partial charge >= 0.3 is 0 Å². The van der Waals surface area contributed by atoms with E-state index in [0.717, 1.165) is 41.4 Å². The molecule has 0 amide bonds. The molecule has 2 aromatic carbocycles. The fourth-order valence-corrected chi connectivity index (χ4v) is 3.24. The van der Waals surface area contributed by atoms with Gasteiger partial charge in [0, 0.05) is 30.4 Å². The molecule has 2 heterocycles. The second kappa shape index (κ2) is 8.79. The van der Waals surface area contributed by atoms with Gasteiger partial charge in [0.15, 0.2) is 0 Å². The van der Waals surface area contributed by atoms with Gasteiger partial charge in [0.2, 0.25) is 5.95 Å². The first-order chi connectivity index (χ1) is 14.2. The van der Waals surface area contributed by atoms with Crippen LogP contribution in [-0.2, 0) is 4.74 Å². The van der Waals surface area contributed by atoms with E-state index < -0.39 is 0 Å². The molecule has 3 aromatic rings. The van der Waals surface area contributed by atoms with Crippen LogP contribution in [0.25, 0.3) is 11.3 Å². The number of hydrogen-bond donors (Lipinski definition) is 1. The second-order valence-corrected chi connectivity index (χ2v) is 6.93. The summed E-state index contributed by atoms with van der Waals surface area (Å²) in [7, 11) is 0. The Morgan fingerprint density at radius 3 is 2.45 bits per heavy atom. The van der Waals surface area contributed by atoms with E-state index in [1.54, 1.807) is 6.92 Å². The van der Waals surface area contributed by atoms with E-state index >= 15 is 0 Å². The lowest BCUT2D eigenvalue weighted by atomic mass is 10.1. The third-order valence-electron chi connectivity index (χ3n) is 4.92. The fourth-order valence-electron chi connectivity index (χ4n) is 3.24. The second-order valence-electron chi connectivity index (χ2n) is 6.93. The van der Waals surface area contributed by atoms with Crippen molar-refractivity contribution in [2.75, 3.05) is 36.5 Å². The predicted octanol–water partition coefficient (Wildman–Crippen LogP) is 4.55. The van der Waals surface area contributed by atoms with E-state index in [0.29, 0.717) is 19.2 Å². The Hall–Kier alpha value is -3.32. The van der Waals surface area contributed by atoms with Gasteiger partial charge in [0.05, 0.1) is 18.9 Å². The minimum absolute atomic E-state index is 0.366. The van der Waals surface area contributed by atoms with Crippen molar-refractivity contribution in [1.29, 1.82) is 0 Å². The fraction of sp³-hybridized carbons (Fsp3) is 0.273. The summed E-state index contributed by atoms with van der Waals surface area (Å²) in [5, 5.41) is 6.36. The molecule has 4 rings (SSSR count). The molecule has 0 saturated carbocycles. The average Bonchev–Trinajstić information content (AvgIpc) is 2.80. The molecular formula is C22H23N5O2. The van der Waals surface area contributed by atoms with Crippen molar-refractivity contribution in [2.45, 2.75) is 13.0 Å². The summed E-state index contributed by atoms with van der Waals surface area (Å²) in [5.74, 6) is 1.40. The minimum Gasteiger partial charge on any atom is -0.378 e. The summed E-state index contributed by atoms with van der Waals surface area (Å²) in [5.41, 5.74) is 3.62. The van der Waals surface area contributed by atoms with Crippen LogP contribution in [0.1, 0.15) is 18.5 Å². The zero-order valence-electron chi connectivity index (χ0n) is 16.3. The molecule has 7 nitrogen and oxygen atoms in total. The van der Waals surface area contributed by atoms with Gasteiger partial charge in [-0.3, -0.25) is 0 Å². The first-order valence-corrected chi connectivity index (χ1v) is 9.69. The lowest BCUT2D eigenvalue weighted by Crippen LogP contribution is -2.36. The van der Waals surface area contributed by atoms with Crippen molar-refractivity contribution >= 4 is 17.5 Å². The largest absolute Gasteiger partial charge is 0.378 e. The first-order valence-electron chi connectivity index (χ1n) is 9.69. The molecule has 1 N–H and O–H groups in total. The summed E-state index contributed by atoms with van der Waals surface area (Å²) in [6.45, 7) is 4.76. The highest BCUT2D eigenvalue weighted by molar-refractivity contribution is 5.66. The van der Waals surface area contributed by atoms with Crippen LogP contribution < -0.4 is 10.2 Å². The summed E-state index contributed by atoms with van der Waals surface area (Å²) in [4.78, 5) is 22.4. The monoisotopic (exact) mass is 389 g/mol. The van der Waals surface area contributed by atoms with Gasteiger partial charge in [0.1, 0.15) is 11.9 Å². The Bertz CT molecular complexity index is 957. The van der Waals surface area contributed by atoms with Crippen LogP contribution in [0.5, 0.6) is 0 Å². The van der Waals surface area contributed by atoms with Crippen molar-refractivity contribution in [3.05, 3.63) is 71.1 Å². The molecule has 29 heavy (non-hydrogen) atoms. The Labute approximate surface area is 169 Å². The van der Waals surface area contributed by atoms with Crippen LogP contribution in [0.3, 0.4) is 0 Å². The third kappa shape index (κ3) is 4.57. The van der Waals surface area contributed by atoms with Crippen LogP contribution >= 0.6 is 0 Å². The normalized spacial score (nSPS) is 15.0. The van der Waals surface area contributed by atoms with E-state index in [1.807, 2.05) is 60.7 Å². The van der Waals surface area contributed by atoms with Gasteiger partial charge in [-0.1, -0.05) is 47.6 Å². The number of morpholine rings is 1. The number of ether oxygens (including phenoxy) is 1. The topological polar surface area (TPSA) is 79.7 Å². The van der Waals surface area contributed by atoms with Gasteiger partial charge in [-0.15, -0.1) is 0 Å². The number of benzene rings is 2. The molecule has 1 aromatic heterocycles. The van der Waals surface area contributed by atoms with Crippen LogP contribution in [0, 0.1) is 4.91 Å². The van der Waals surface area contributed by atoms with E-state index in [9.17, 15) is 4.91 Å². The molecule has 0 aliphatic carbocycles. The quantitative estimate of drug-likeness (QED) is 0.623. The number of hydrogen-bond acceptors (Lipinski definition) is 7. The van der Waals surface area contributed by atoms with Crippen molar-refractivity contribution in [2.24, 2.45) is 5.18 Å². The van der Waals surface area contributed by atoms with Crippen molar-refractivity contribution in [3.8, 4) is 11.3 Å². The molecule has 148 valence electrons. The highest BCUT2D eigenvalue weighted by Crippen LogP contribution is 2.26. The van der Waals surface area contributed by atoms with Crippen LogP contribution in [0.2, 0.25) is 0 Å². The van der Waals surface area contributed by atoms with Crippen molar-refractivity contribution in [1.82, 2.24) is 9.97 Å². The van der Waals surface area contributed by atoms with Crippen molar-refractivity contribution < 1.29 is 4.74 Å². The highest BCUT2D eigenvalue weighted by atomic mass is 16.5. The summed E-state index contributed by atoms with van der Waals surface area (Å²) in [6, 6.07) is 19.3. The first kappa shape index (κ1) is 19.0. The summed E-state index contributed by atoms with van der Waals surface area (Å²) >= 11 is 0. The smallest absolute Gasteiger partial charge is 0.229 e. The zero-order valence-corrected chi connectivity index (χ0v) is 16.3. The number of rotatable bonds is 6. The third-order valence-corrected chi connectivity index (χ3v) is 4.92. The number of aromatic nitrogens is 2. The molecule has 0 radical (unpaired) electrons. The van der Waals surface area contributed by atoms with Gasteiger partial charge in [0.25, 0.3) is 0 Å². The lowest BCUT2D eigenvalue weighted by molar-refractivity contribution is 0.122. The predicted molar refractivity (Wildman–Crippen MR) is 114 cm³/mol. The Balaban J connectivity index is 1.65. The number of nitroso groups, excluding NO2 is 1. The molecule has 1 atom stereocenters. The van der Waals surface area contributed by atoms with E-state index in [2.05, 4.69) is 15.4 Å². The SMILES string of the molecule is CC(N=O)c1ccc(Nc2nc(-c3ccccc3)cc(N3CCOCC3)n2)cc1. The van der Waals surface area contributed by atoms with E-state index in [4.69, 9.17) is 14.7 Å². The van der Waals surface area contributed by atoms with Crippen LogP contribution in [0.4, 0.5) is 17.5 Å². The van der Waals surface area contributed by atoms with Gasteiger partial charge in [-0.25, -0.2) is 4.98 Å². The van der Waals surface area contributed by atoms with Crippen LogP contribution in [0.15, 0.2) is 65.8 Å². The lowest BCUT2D eigenvalue weighted by Gasteiger charge is -2.28. The van der Waals surface area contributed by atoms with E-state index in [-0.39, 0.29) is 6.04 Å². The van der Waals surface area contributed by atoms with Gasteiger partial charge in [-0.05, 0) is 24.6 Å². The Morgan fingerprint density at radius 2 is 1.76 bits per heavy atom. The highest BCUT2D eigenvalue weighted by Gasteiger charge is 2.16. The van der Waals surface area contributed by atoms with Gasteiger partial charge in [-0.2, -0.15) is 9.89 Å². The summed E-state index contributed by atoms with van der Waals surface area (Å²) < 4.78 is 5.47. The average molecular weight is 389 g/mol. The molecule has 0 spiro atoms. The standard InChI is InChI=1S/C22H23N5O2/c1-16(26-28)17-7-9-19(10-8-17)23-22-24-20(18-5-3-2-4-6-18)15-21(25-22)27-11-13-29-14-12-27/h2-10,15-16H,11-14H2,1H3,(H,23,24,25). The van der Waals surface area contributed by atoms with Crippen molar-refractivity contribution in [3.63, 3.8) is 0 Å². The zero-order chi connectivity index (χ0) is 20.1. The molecular weight excluding hydrogens is 366 g/mol. The van der Waals surface area contributed by atoms with Crippen LogP contribution in [-0.4, -0.2) is 36.3 Å². The molecule has 0 bridgehead atoms. The molecule has 1 saturated heterocycles. The maximum absolute atomic E-state index is 10.7.